The lowest BCUT2D eigenvalue weighted by atomic mass is 10.2. The van der Waals surface area contributed by atoms with E-state index in [0.29, 0.717) is 18.1 Å². The summed E-state index contributed by atoms with van der Waals surface area (Å²) in [5.41, 5.74) is 0.763. The standard InChI is InChI=1S/C15H18F2N2O3S/c1-2-13(20)19-9-23-8-12(19)14(21)18-7-10-3-5-11(6-4-10)22-15(16)17/h3-6,12,15H,2,7-9H2,1H3,(H,18,21)/t12-/m0/s1. The molecule has 1 aliphatic heterocycles. The molecule has 1 saturated heterocycles. The van der Waals surface area contributed by atoms with Crippen molar-refractivity contribution >= 4 is 23.6 Å². The van der Waals surface area contributed by atoms with Crippen molar-refractivity contribution in [2.75, 3.05) is 11.6 Å². The molecule has 2 amide bonds. The van der Waals surface area contributed by atoms with Gasteiger partial charge in [-0.2, -0.15) is 8.78 Å². The summed E-state index contributed by atoms with van der Waals surface area (Å²) in [6.07, 6.45) is 0.371. The predicted octanol–water partition coefficient (Wildman–Crippen LogP) is 2.22. The van der Waals surface area contributed by atoms with Gasteiger partial charge in [0, 0.05) is 18.7 Å². The Morgan fingerprint density at radius 1 is 1.39 bits per heavy atom. The molecule has 5 nitrogen and oxygen atoms in total. The van der Waals surface area contributed by atoms with Crippen LogP contribution in [-0.4, -0.2) is 41.0 Å². The minimum atomic E-state index is -2.86. The van der Waals surface area contributed by atoms with E-state index in [1.807, 2.05) is 0 Å². The average molecular weight is 344 g/mol. The Hall–Kier alpha value is -1.83. The minimum absolute atomic E-state index is 0.0383. The van der Waals surface area contributed by atoms with Crippen LogP contribution < -0.4 is 10.1 Å². The highest BCUT2D eigenvalue weighted by atomic mass is 32.2. The maximum absolute atomic E-state index is 12.2. The number of carbonyl (C=O) groups excluding carboxylic acids is 2. The molecular weight excluding hydrogens is 326 g/mol. The lowest BCUT2D eigenvalue weighted by molar-refractivity contribution is -0.137. The molecule has 0 aromatic heterocycles. The zero-order chi connectivity index (χ0) is 16.8. The molecule has 0 unspecified atom stereocenters. The number of rotatable bonds is 6. The predicted molar refractivity (Wildman–Crippen MR) is 83.2 cm³/mol. The van der Waals surface area contributed by atoms with Gasteiger partial charge < -0.3 is 15.0 Å². The Morgan fingerprint density at radius 2 is 2.09 bits per heavy atom. The largest absolute Gasteiger partial charge is 0.435 e. The second-order valence-electron chi connectivity index (χ2n) is 4.97. The van der Waals surface area contributed by atoms with Crippen molar-refractivity contribution in [1.29, 1.82) is 0 Å². The highest BCUT2D eigenvalue weighted by Gasteiger charge is 2.33. The van der Waals surface area contributed by atoms with Crippen molar-refractivity contribution in [2.45, 2.75) is 32.5 Å². The molecule has 1 aliphatic rings. The molecule has 8 heteroatoms. The molecule has 1 aromatic rings. The highest BCUT2D eigenvalue weighted by molar-refractivity contribution is 7.99. The zero-order valence-electron chi connectivity index (χ0n) is 12.6. The van der Waals surface area contributed by atoms with Crippen molar-refractivity contribution in [2.24, 2.45) is 0 Å². The first-order valence-electron chi connectivity index (χ1n) is 7.20. The van der Waals surface area contributed by atoms with Crippen LogP contribution in [-0.2, 0) is 16.1 Å². The first kappa shape index (κ1) is 17.5. The van der Waals surface area contributed by atoms with Crippen molar-refractivity contribution in [3.8, 4) is 5.75 Å². The molecule has 126 valence electrons. The normalized spacial score (nSPS) is 17.4. The van der Waals surface area contributed by atoms with Crippen LogP contribution in [0, 0.1) is 0 Å². The van der Waals surface area contributed by atoms with Crippen molar-refractivity contribution in [1.82, 2.24) is 10.2 Å². The summed E-state index contributed by atoms with van der Waals surface area (Å²) in [4.78, 5) is 25.6. The molecule has 23 heavy (non-hydrogen) atoms. The van der Waals surface area contributed by atoms with Gasteiger partial charge in [0.1, 0.15) is 11.8 Å². The smallest absolute Gasteiger partial charge is 0.387 e. The molecule has 1 heterocycles. The van der Waals surface area contributed by atoms with Crippen molar-refractivity contribution in [3.63, 3.8) is 0 Å². The maximum atomic E-state index is 12.2. The van der Waals surface area contributed by atoms with Gasteiger partial charge in [-0.25, -0.2) is 0 Å². The SMILES string of the molecule is CCC(=O)N1CSC[C@H]1C(=O)NCc1ccc(OC(F)F)cc1. The summed E-state index contributed by atoms with van der Waals surface area (Å²) in [7, 11) is 0. The highest BCUT2D eigenvalue weighted by Crippen LogP contribution is 2.22. The van der Waals surface area contributed by atoms with E-state index in [9.17, 15) is 18.4 Å². The Labute approximate surface area is 137 Å². The van der Waals surface area contributed by atoms with Gasteiger partial charge in [0.2, 0.25) is 11.8 Å². The first-order chi connectivity index (χ1) is 11.0. The molecule has 0 aliphatic carbocycles. The fourth-order valence-corrected chi connectivity index (χ4v) is 3.39. The monoisotopic (exact) mass is 344 g/mol. The number of halogens is 2. The first-order valence-corrected chi connectivity index (χ1v) is 8.35. The fraction of sp³-hybridized carbons (Fsp3) is 0.467. The Bertz CT molecular complexity index is 554. The zero-order valence-corrected chi connectivity index (χ0v) is 13.4. The second-order valence-corrected chi connectivity index (χ2v) is 5.97. The van der Waals surface area contributed by atoms with Gasteiger partial charge in [0.05, 0.1) is 5.88 Å². The van der Waals surface area contributed by atoms with Gasteiger partial charge in [-0.15, -0.1) is 11.8 Å². The maximum Gasteiger partial charge on any atom is 0.387 e. The number of thioether (sulfide) groups is 1. The van der Waals surface area contributed by atoms with Gasteiger partial charge in [0.15, 0.2) is 0 Å². The summed E-state index contributed by atoms with van der Waals surface area (Å²) in [5.74, 6) is 0.943. The summed E-state index contributed by atoms with van der Waals surface area (Å²) >= 11 is 1.55. The van der Waals surface area contributed by atoms with Gasteiger partial charge in [-0.3, -0.25) is 9.59 Å². The molecule has 1 aromatic carbocycles. The number of hydrogen-bond donors (Lipinski definition) is 1. The van der Waals surface area contributed by atoms with E-state index in [1.165, 1.54) is 12.1 Å². The molecule has 1 atom stereocenters. The average Bonchev–Trinajstić information content (AvgIpc) is 3.02. The number of nitrogens with zero attached hydrogens (tertiary/aromatic N) is 1. The molecule has 0 saturated carbocycles. The summed E-state index contributed by atoms with van der Waals surface area (Å²) < 4.78 is 28.4. The van der Waals surface area contributed by atoms with Crippen LogP contribution in [0.25, 0.3) is 0 Å². The topological polar surface area (TPSA) is 58.6 Å². The Morgan fingerprint density at radius 3 is 2.70 bits per heavy atom. The molecule has 0 radical (unpaired) electrons. The molecule has 2 rings (SSSR count). The van der Waals surface area contributed by atoms with Crippen LogP contribution in [0.4, 0.5) is 8.78 Å². The van der Waals surface area contributed by atoms with Gasteiger partial charge >= 0.3 is 6.61 Å². The summed E-state index contributed by atoms with van der Waals surface area (Å²) in [6.45, 7) is -0.825. The summed E-state index contributed by atoms with van der Waals surface area (Å²) in [5, 5.41) is 2.77. The number of ether oxygens (including phenoxy) is 1. The Balaban J connectivity index is 1.87. The van der Waals surface area contributed by atoms with E-state index < -0.39 is 12.7 Å². The number of alkyl halides is 2. The number of benzene rings is 1. The van der Waals surface area contributed by atoms with E-state index in [1.54, 1.807) is 35.7 Å². The van der Waals surface area contributed by atoms with Gasteiger partial charge in [-0.05, 0) is 17.7 Å². The van der Waals surface area contributed by atoms with Gasteiger partial charge in [-0.1, -0.05) is 19.1 Å². The number of amides is 2. The molecule has 1 fully saturated rings. The van der Waals surface area contributed by atoms with Crippen LogP contribution in [0.5, 0.6) is 5.75 Å². The lowest BCUT2D eigenvalue weighted by Crippen LogP contribution is -2.46. The molecular formula is C15H18F2N2O3S. The third kappa shape index (κ3) is 4.82. The van der Waals surface area contributed by atoms with Crippen LogP contribution in [0.15, 0.2) is 24.3 Å². The van der Waals surface area contributed by atoms with E-state index in [0.717, 1.165) is 5.56 Å². The molecule has 0 bridgehead atoms. The third-order valence-corrected chi connectivity index (χ3v) is 4.44. The quantitative estimate of drug-likeness (QED) is 0.860. The van der Waals surface area contributed by atoms with Crippen LogP contribution in [0.1, 0.15) is 18.9 Å². The number of carbonyl (C=O) groups is 2. The molecule has 0 spiro atoms. The third-order valence-electron chi connectivity index (χ3n) is 3.42. The Kier molecular flexibility index (Phi) is 6.20. The summed E-state index contributed by atoms with van der Waals surface area (Å²) in [6, 6.07) is 5.61. The number of hydrogen-bond acceptors (Lipinski definition) is 4. The minimum Gasteiger partial charge on any atom is -0.435 e. The second kappa shape index (κ2) is 8.14. The van der Waals surface area contributed by atoms with E-state index in [4.69, 9.17) is 0 Å². The van der Waals surface area contributed by atoms with Crippen LogP contribution in [0.3, 0.4) is 0 Å². The fourth-order valence-electron chi connectivity index (χ4n) is 2.20. The van der Waals surface area contributed by atoms with Crippen LogP contribution >= 0.6 is 11.8 Å². The van der Waals surface area contributed by atoms with Crippen LogP contribution in [0.2, 0.25) is 0 Å². The van der Waals surface area contributed by atoms with E-state index in [2.05, 4.69) is 10.1 Å². The lowest BCUT2D eigenvalue weighted by Gasteiger charge is -2.22. The van der Waals surface area contributed by atoms with Crippen molar-refractivity contribution < 1.29 is 23.1 Å². The molecule has 1 N–H and O–H groups in total. The van der Waals surface area contributed by atoms with Gasteiger partial charge in [0.25, 0.3) is 0 Å². The number of nitrogens with one attached hydrogen (secondary N) is 1. The van der Waals surface area contributed by atoms with Crippen molar-refractivity contribution in [3.05, 3.63) is 29.8 Å². The van der Waals surface area contributed by atoms with E-state index >= 15 is 0 Å². The van der Waals surface area contributed by atoms with E-state index in [-0.39, 0.29) is 24.1 Å².